The Morgan fingerprint density at radius 1 is 1.06 bits per heavy atom. The average molecular weight is 240 g/mol. The number of nitrogen functional groups attached to an aromatic ring is 1. The zero-order chi connectivity index (χ0) is 12.5. The molecule has 90 valence electrons. The lowest BCUT2D eigenvalue weighted by Crippen LogP contribution is -2.11. The van der Waals surface area contributed by atoms with E-state index in [1.807, 2.05) is 36.4 Å². The molecule has 0 amide bonds. The number of hydrogen-bond acceptors (Lipinski definition) is 4. The first-order valence-electron chi connectivity index (χ1n) is 5.66. The Hall–Kier alpha value is -2.49. The van der Waals surface area contributed by atoms with Crippen molar-refractivity contribution in [2.45, 2.75) is 6.23 Å². The minimum Gasteiger partial charge on any atom is -0.434 e. The number of hydrogen-bond donors (Lipinski definition) is 2. The highest BCUT2D eigenvalue weighted by molar-refractivity contribution is 5.94. The van der Waals surface area contributed by atoms with Crippen LogP contribution in [0.15, 0.2) is 48.5 Å². The normalized spacial score (nSPS) is 17.1. The molecule has 1 atom stereocenters. The first-order valence-corrected chi connectivity index (χ1v) is 5.66. The number of nitrogens with two attached hydrogens (primary N) is 1. The summed E-state index contributed by atoms with van der Waals surface area (Å²) in [6.45, 7) is 0. The number of carbonyl (C=O) groups is 1. The molecule has 2 aromatic rings. The van der Waals surface area contributed by atoms with Gasteiger partial charge >= 0.3 is 5.97 Å². The summed E-state index contributed by atoms with van der Waals surface area (Å²) in [7, 11) is 0. The van der Waals surface area contributed by atoms with Crippen molar-refractivity contribution >= 4 is 17.3 Å². The van der Waals surface area contributed by atoms with Gasteiger partial charge in [-0.2, -0.15) is 0 Å². The monoisotopic (exact) mass is 240 g/mol. The quantitative estimate of drug-likeness (QED) is 0.625. The maximum atomic E-state index is 11.7. The van der Waals surface area contributed by atoms with E-state index in [1.165, 1.54) is 0 Å². The number of carbonyl (C=O) groups excluding carboxylic acids is 1. The number of anilines is 2. The molecule has 0 fully saturated rings. The molecule has 2 aromatic carbocycles. The smallest absolute Gasteiger partial charge is 0.340 e. The second-order valence-corrected chi connectivity index (χ2v) is 4.10. The van der Waals surface area contributed by atoms with E-state index in [2.05, 4.69) is 5.32 Å². The van der Waals surface area contributed by atoms with Crippen molar-refractivity contribution in [1.29, 1.82) is 0 Å². The van der Waals surface area contributed by atoms with Crippen molar-refractivity contribution in [3.8, 4) is 0 Å². The largest absolute Gasteiger partial charge is 0.434 e. The van der Waals surface area contributed by atoms with Crippen LogP contribution in [0.4, 0.5) is 11.4 Å². The first-order chi connectivity index (χ1) is 8.75. The first kappa shape index (κ1) is 10.7. The van der Waals surface area contributed by atoms with Gasteiger partial charge in [0.15, 0.2) is 0 Å². The summed E-state index contributed by atoms with van der Waals surface area (Å²) in [5.41, 5.74) is 8.67. The van der Waals surface area contributed by atoms with Crippen molar-refractivity contribution in [3.05, 3.63) is 59.7 Å². The summed E-state index contributed by atoms with van der Waals surface area (Å²) in [6.07, 6.45) is -0.474. The number of fused-ring (bicyclic) bond motifs is 1. The maximum Gasteiger partial charge on any atom is 0.340 e. The van der Waals surface area contributed by atoms with Gasteiger partial charge in [-0.05, 0) is 18.2 Å². The Morgan fingerprint density at radius 3 is 2.61 bits per heavy atom. The highest BCUT2D eigenvalue weighted by Gasteiger charge is 2.30. The average Bonchev–Trinajstić information content (AvgIpc) is 2.70. The molecular formula is C14H12N2O2. The molecule has 18 heavy (non-hydrogen) atoms. The summed E-state index contributed by atoms with van der Waals surface area (Å²) in [6, 6.07) is 14.7. The third-order valence-corrected chi connectivity index (χ3v) is 2.94. The van der Waals surface area contributed by atoms with Gasteiger partial charge < -0.3 is 15.8 Å². The SMILES string of the molecule is Nc1ccccc1NC1OC(=O)c2ccccc21. The number of esters is 1. The van der Waals surface area contributed by atoms with Crippen LogP contribution in [0, 0.1) is 0 Å². The maximum absolute atomic E-state index is 11.7. The molecule has 0 spiro atoms. The Kier molecular flexibility index (Phi) is 2.41. The highest BCUT2D eigenvalue weighted by Crippen LogP contribution is 2.32. The zero-order valence-corrected chi connectivity index (χ0v) is 9.59. The molecule has 1 heterocycles. The summed E-state index contributed by atoms with van der Waals surface area (Å²) < 4.78 is 5.29. The van der Waals surface area contributed by atoms with Gasteiger partial charge in [0.2, 0.25) is 6.23 Å². The van der Waals surface area contributed by atoms with Crippen LogP contribution in [0.5, 0.6) is 0 Å². The third-order valence-electron chi connectivity index (χ3n) is 2.94. The highest BCUT2D eigenvalue weighted by atomic mass is 16.6. The van der Waals surface area contributed by atoms with Crippen LogP contribution in [0.2, 0.25) is 0 Å². The van der Waals surface area contributed by atoms with E-state index in [9.17, 15) is 4.79 Å². The number of para-hydroxylation sites is 2. The molecule has 4 heteroatoms. The third kappa shape index (κ3) is 1.68. The van der Waals surface area contributed by atoms with Gasteiger partial charge in [0.1, 0.15) is 0 Å². The van der Waals surface area contributed by atoms with Crippen molar-refractivity contribution in [1.82, 2.24) is 0 Å². The van der Waals surface area contributed by atoms with E-state index in [0.717, 1.165) is 11.3 Å². The van der Waals surface area contributed by atoms with Crippen LogP contribution in [0.1, 0.15) is 22.1 Å². The lowest BCUT2D eigenvalue weighted by molar-refractivity contribution is 0.0437. The van der Waals surface area contributed by atoms with E-state index < -0.39 is 6.23 Å². The van der Waals surface area contributed by atoms with E-state index in [1.54, 1.807) is 12.1 Å². The van der Waals surface area contributed by atoms with Gasteiger partial charge in [-0.1, -0.05) is 30.3 Å². The van der Waals surface area contributed by atoms with Gasteiger partial charge in [-0.3, -0.25) is 0 Å². The minimum absolute atomic E-state index is 0.308. The molecule has 0 aliphatic carbocycles. The van der Waals surface area contributed by atoms with Crippen molar-refractivity contribution < 1.29 is 9.53 Å². The number of benzene rings is 2. The second kappa shape index (κ2) is 4.07. The van der Waals surface area contributed by atoms with Crippen LogP contribution >= 0.6 is 0 Å². The summed E-state index contributed by atoms with van der Waals surface area (Å²) in [5.74, 6) is -0.308. The molecule has 4 nitrogen and oxygen atoms in total. The summed E-state index contributed by atoms with van der Waals surface area (Å²) in [4.78, 5) is 11.7. The van der Waals surface area contributed by atoms with Crippen LogP contribution < -0.4 is 11.1 Å². The van der Waals surface area contributed by atoms with Gasteiger partial charge in [0.05, 0.1) is 16.9 Å². The van der Waals surface area contributed by atoms with Gasteiger partial charge in [-0.25, -0.2) is 4.79 Å². The minimum atomic E-state index is -0.474. The number of nitrogens with one attached hydrogen (secondary N) is 1. The molecule has 3 N–H and O–H groups in total. The van der Waals surface area contributed by atoms with E-state index in [-0.39, 0.29) is 5.97 Å². The molecule has 0 saturated heterocycles. The van der Waals surface area contributed by atoms with Crippen LogP contribution in [0.25, 0.3) is 0 Å². The molecule has 0 aromatic heterocycles. The lowest BCUT2D eigenvalue weighted by atomic mass is 10.1. The van der Waals surface area contributed by atoms with E-state index in [4.69, 9.17) is 10.5 Å². The van der Waals surface area contributed by atoms with E-state index >= 15 is 0 Å². The van der Waals surface area contributed by atoms with Crippen molar-refractivity contribution in [3.63, 3.8) is 0 Å². The second-order valence-electron chi connectivity index (χ2n) is 4.10. The number of ether oxygens (including phenoxy) is 1. The molecular weight excluding hydrogens is 228 g/mol. The molecule has 1 aliphatic heterocycles. The van der Waals surface area contributed by atoms with Crippen LogP contribution in [-0.2, 0) is 4.74 Å². The molecule has 0 bridgehead atoms. The molecule has 3 rings (SSSR count). The van der Waals surface area contributed by atoms with Crippen molar-refractivity contribution in [2.75, 3.05) is 11.1 Å². The zero-order valence-electron chi connectivity index (χ0n) is 9.59. The Bertz CT molecular complexity index is 610. The van der Waals surface area contributed by atoms with Crippen LogP contribution in [-0.4, -0.2) is 5.97 Å². The Balaban J connectivity index is 1.92. The van der Waals surface area contributed by atoms with E-state index in [0.29, 0.717) is 11.3 Å². The standard InChI is InChI=1S/C14H12N2O2/c15-11-7-3-4-8-12(11)16-13-9-5-1-2-6-10(9)14(17)18-13/h1-8,13,16H,15H2. The Morgan fingerprint density at radius 2 is 1.78 bits per heavy atom. The van der Waals surface area contributed by atoms with Gasteiger partial charge in [0, 0.05) is 5.56 Å². The van der Waals surface area contributed by atoms with Gasteiger partial charge in [0.25, 0.3) is 0 Å². The predicted molar refractivity (Wildman–Crippen MR) is 69.1 cm³/mol. The molecule has 0 saturated carbocycles. The van der Waals surface area contributed by atoms with Crippen molar-refractivity contribution in [2.24, 2.45) is 0 Å². The lowest BCUT2D eigenvalue weighted by Gasteiger charge is -2.15. The fraction of sp³-hybridized carbons (Fsp3) is 0.0714. The topological polar surface area (TPSA) is 64.3 Å². The summed E-state index contributed by atoms with van der Waals surface area (Å²) in [5, 5.41) is 3.13. The predicted octanol–water partition coefficient (Wildman–Crippen LogP) is 2.55. The van der Waals surface area contributed by atoms with Gasteiger partial charge in [-0.15, -0.1) is 0 Å². The fourth-order valence-electron chi connectivity index (χ4n) is 2.02. The molecule has 1 aliphatic rings. The van der Waals surface area contributed by atoms with Crippen LogP contribution in [0.3, 0.4) is 0 Å². The summed E-state index contributed by atoms with van der Waals surface area (Å²) >= 11 is 0. The molecule has 1 unspecified atom stereocenters. The fourth-order valence-corrected chi connectivity index (χ4v) is 2.02. The number of rotatable bonds is 2. The Labute approximate surface area is 104 Å². The number of cyclic esters (lactones) is 1. The molecule has 0 radical (unpaired) electrons.